The second-order valence-corrected chi connectivity index (χ2v) is 7.35. The molecule has 6 heterocycles. The van der Waals surface area contributed by atoms with Gasteiger partial charge in [-0.05, 0) is 35.7 Å². The van der Waals surface area contributed by atoms with E-state index in [1.165, 1.54) is 0 Å². The van der Waals surface area contributed by atoms with Crippen molar-refractivity contribution >= 4 is 33.3 Å². The summed E-state index contributed by atoms with van der Waals surface area (Å²) in [6.07, 6.45) is 6.83. The van der Waals surface area contributed by atoms with Crippen LogP contribution in [0, 0.1) is 0 Å². The van der Waals surface area contributed by atoms with Crippen LogP contribution in [0.25, 0.3) is 56.0 Å². The average Bonchev–Trinajstić information content (AvgIpc) is 3.52. The second-order valence-electron chi connectivity index (χ2n) is 6.57. The zero-order chi connectivity index (χ0) is 19.2. The maximum atomic E-state index is 4.79. The number of hydrogen-bond donors (Lipinski definition) is 2. The standard InChI is InChI=1S/C21H13N7S/c1-2-16-20(26-15(1)18-10-22-6-7-23-18)21(28-27-16)17-9-13-14(25-17)3-5-24-19(13)12-4-8-29-11-12/h1-11,25H,(H,27,28). The molecule has 0 radical (unpaired) electrons. The Balaban J connectivity index is 1.53. The Hall–Kier alpha value is -3.91. The van der Waals surface area contributed by atoms with Gasteiger partial charge in [0.1, 0.15) is 16.9 Å². The van der Waals surface area contributed by atoms with Gasteiger partial charge in [0.25, 0.3) is 0 Å². The van der Waals surface area contributed by atoms with E-state index in [4.69, 9.17) is 4.98 Å². The van der Waals surface area contributed by atoms with Gasteiger partial charge in [0.05, 0.1) is 28.8 Å². The van der Waals surface area contributed by atoms with E-state index in [1.54, 1.807) is 29.9 Å². The summed E-state index contributed by atoms with van der Waals surface area (Å²) in [5, 5.41) is 12.8. The molecule has 0 unspecified atom stereocenters. The highest BCUT2D eigenvalue weighted by Crippen LogP contribution is 2.33. The Kier molecular flexibility index (Phi) is 3.50. The number of pyridine rings is 2. The van der Waals surface area contributed by atoms with Crippen LogP contribution in [0.15, 0.2) is 65.9 Å². The first-order valence-corrected chi connectivity index (χ1v) is 9.93. The third kappa shape index (κ3) is 2.61. The van der Waals surface area contributed by atoms with Crippen molar-refractivity contribution in [3.8, 4) is 34.0 Å². The lowest BCUT2D eigenvalue weighted by Gasteiger charge is -1.99. The third-order valence-corrected chi connectivity index (χ3v) is 5.51. The summed E-state index contributed by atoms with van der Waals surface area (Å²) < 4.78 is 0. The molecule has 8 heteroatoms. The predicted molar refractivity (Wildman–Crippen MR) is 113 cm³/mol. The second kappa shape index (κ2) is 6.32. The van der Waals surface area contributed by atoms with Crippen molar-refractivity contribution < 1.29 is 0 Å². The lowest BCUT2D eigenvalue weighted by atomic mass is 10.1. The molecule has 138 valence electrons. The summed E-state index contributed by atoms with van der Waals surface area (Å²) in [7, 11) is 0. The summed E-state index contributed by atoms with van der Waals surface area (Å²) in [5.74, 6) is 0. The van der Waals surface area contributed by atoms with Crippen LogP contribution >= 0.6 is 11.3 Å². The van der Waals surface area contributed by atoms with Crippen molar-refractivity contribution in [1.29, 1.82) is 0 Å². The predicted octanol–water partition coefficient (Wildman–Crippen LogP) is 4.69. The van der Waals surface area contributed by atoms with E-state index < -0.39 is 0 Å². The van der Waals surface area contributed by atoms with Gasteiger partial charge in [-0.15, -0.1) is 0 Å². The van der Waals surface area contributed by atoms with Gasteiger partial charge in [0.2, 0.25) is 0 Å². The first-order valence-electron chi connectivity index (χ1n) is 8.99. The first-order chi connectivity index (χ1) is 14.4. The summed E-state index contributed by atoms with van der Waals surface area (Å²) in [6, 6.07) is 10.0. The van der Waals surface area contributed by atoms with Crippen molar-refractivity contribution in [2.24, 2.45) is 0 Å². The van der Waals surface area contributed by atoms with Crippen LogP contribution in [0.1, 0.15) is 0 Å². The highest BCUT2D eigenvalue weighted by molar-refractivity contribution is 7.08. The SMILES string of the molecule is c1cnc(-c2ccc3[nH]nc(-c4cc5c(-c6ccsc6)nccc5[nH]4)c3n2)cn1. The highest BCUT2D eigenvalue weighted by Gasteiger charge is 2.16. The fourth-order valence-electron chi connectivity index (χ4n) is 3.47. The minimum absolute atomic E-state index is 0.724. The Morgan fingerprint density at radius 1 is 0.862 bits per heavy atom. The molecule has 0 bridgehead atoms. The molecule has 7 nitrogen and oxygen atoms in total. The molecule has 0 aromatic carbocycles. The number of hydrogen-bond acceptors (Lipinski definition) is 6. The Labute approximate surface area is 168 Å². The molecule has 0 saturated heterocycles. The molecule has 0 spiro atoms. The van der Waals surface area contributed by atoms with Gasteiger partial charge in [-0.3, -0.25) is 20.1 Å². The van der Waals surface area contributed by atoms with Gasteiger partial charge in [-0.25, -0.2) is 4.98 Å². The van der Waals surface area contributed by atoms with Crippen molar-refractivity contribution in [1.82, 2.24) is 35.1 Å². The van der Waals surface area contributed by atoms with Crippen LogP contribution in [-0.2, 0) is 0 Å². The van der Waals surface area contributed by atoms with Gasteiger partial charge >= 0.3 is 0 Å². The number of H-pyrrole nitrogens is 2. The number of thiophene rings is 1. The van der Waals surface area contributed by atoms with Gasteiger partial charge in [0.15, 0.2) is 0 Å². The van der Waals surface area contributed by atoms with Crippen molar-refractivity contribution in [2.45, 2.75) is 0 Å². The molecule has 0 fully saturated rings. The maximum Gasteiger partial charge on any atom is 0.135 e. The molecule has 0 amide bonds. The van der Waals surface area contributed by atoms with Crippen LogP contribution < -0.4 is 0 Å². The minimum Gasteiger partial charge on any atom is -0.353 e. The molecular weight excluding hydrogens is 382 g/mol. The van der Waals surface area contributed by atoms with Gasteiger partial charge in [-0.2, -0.15) is 16.4 Å². The third-order valence-electron chi connectivity index (χ3n) is 4.83. The van der Waals surface area contributed by atoms with Gasteiger partial charge in [-0.1, -0.05) is 0 Å². The molecule has 0 saturated carbocycles. The molecule has 2 N–H and O–H groups in total. The van der Waals surface area contributed by atoms with E-state index in [1.807, 2.05) is 24.4 Å². The maximum absolute atomic E-state index is 4.79. The lowest BCUT2D eigenvalue weighted by Crippen LogP contribution is -1.89. The monoisotopic (exact) mass is 395 g/mol. The Bertz CT molecular complexity index is 1450. The van der Waals surface area contributed by atoms with E-state index in [2.05, 4.69) is 53.0 Å². The topological polar surface area (TPSA) is 96.0 Å². The molecule has 0 aliphatic heterocycles. The van der Waals surface area contributed by atoms with Crippen LogP contribution in [0.5, 0.6) is 0 Å². The van der Waals surface area contributed by atoms with Gasteiger partial charge < -0.3 is 4.98 Å². The first kappa shape index (κ1) is 16.1. The van der Waals surface area contributed by atoms with Crippen LogP contribution in [0.3, 0.4) is 0 Å². The molecule has 0 atom stereocenters. The fourth-order valence-corrected chi connectivity index (χ4v) is 4.11. The number of aromatic nitrogens is 7. The van der Waals surface area contributed by atoms with Crippen molar-refractivity contribution in [3.05, 3.63) is 65.9 Å². The number of fused-ring (bicyclic) bond motifs is 2. The zero-order valence-corrected chi connectivity index (χ0v) is 15.8. The van der Waals surface area contributed by atoms with E-state index in [0.717, 1.165) is 56.0 Å². The number of nitrogens with zero attached hydrogens (tertiary/aromatic N) is 5. The number of rotatable bonds is 3. The number of nitrogens with one attached hydrogen (secondary N) is 2. The van der Waals surface area contributed by atoms with E-state index in [9.17, 15) is 0 Å². The normalized spacial score (nSPS) is 11.4. The van der Waals surface area contributed by atoms with Crippen LogP contribution in [-0.4, -0.2) is 35.1 Å². The summed E-state index contributed by atoms with van der Waals surface area (Å²) >= 11 is 1.66. The minimum atomic E-state index is 0.724. The Morgan fingerprint density at radius 3 is 2.72 bits per heavy atom. The average molecular weight is 395 g/mol. The Morgan fingerprint density at radius 2 is 1.86 bits per heavy atom. The smallest absolute Gasteiger partial charge is 0.135 e. The summed E-state index contributed by atoms with van der Waals surface area (Å²) in [5.41, 5.74) is 7.86. The highest BCUT2D eigenvalue weighted by atomic mass is 32.1. The lowest BCUT2D eigenvalue weighted by molar-refractivity contribution is 1.12. The van der Waals surface area contributed by atoms with Crippen molar-refractivity contribution in [3.63, 3.8) is 0 Å². The molecule has 0 aliphatic rings. The van der Waals surface area contributed by atoms with Crippen LogP contribution in [0.2, 0.25) is 0 Å². The van der Waals surface area contributed by atoms with E-state index in [-0.39, 0.29) is 0 Å². The van der Waals surface area contributed by atoms with Crippen LogP contribution in [0.4, 0.5) is 0 Å². The van der Waals surface area contributed by atoms with E-state index >= 15 is 0 Å². The summed E-state index contributed by atoms with van der Waals surface area (Å²) in [4.78, 5) is 21.3. The largest absolute Gasteiger partial charge is 0.353 e. The molecular formula is C21H13N7S. The van der Waals surface area contributed by atoms with Crippen molar-refractivity contribution in [2.75, 3.05) is 0 Å². The molecule has 0 aliphatic carbocycles. The summed E-state index contributed by atoms with van der Waals surface area (Å²) in [6.45, 7) is 0. The van der Waals surface area contributed by atoms with E-state index in [0.29, 0.717) is 0 Å². The van der Waals surface area contributed by atoms with Gasteiger partial charge in [0, 0.05) is 40.4 Å². The molecule has 6 aromatic rings. The molecule has 29 heavy (non-hydrogen) atoms. The quantitative estimate of drug-likeness (QED) is 0.453. The zero-order valence-electron chi connectivity index (χ0n) is 15.0. The number of aromatic amines is 2. The molecule has 6 aromatic heterocycles. The fraction of sp³-hybridized carbons (Fsp3) is 0. The molecule has 6 rings (SSSR count).